The topological polar surface area (TPSA) is 58.0 Å². The van der Waals surface area contributed by atoms with Gasteiger partial charge in [-0.2, -0.15) is 0 Å². The van der Waals surface area contributed by atoms with Crippen molar-refractivity contribution in [3.63, 3.8) is 0 Å². The molecule has 1 amide bonds. The maximum atomic E-state index is 12.3. The van der Waals surface area contributed by atoms with Crippen LogP contribution in [0.1, 0.15) is 21.7 Å². The normalized spacial score (nSPS) is 10.8. The molecule has 0 aliphatic carbocycles. The molecule has 0 fully saturated rings. The molecule has 0 saturated heterocycles. The molecule has 2 aromatic heterocycles. The number of para-hydroxylation sites is 1. The van der Waals surface area contributed by atoms with E-state index in [1.807, 2.05) is 37.4 Å². The summed E-state index contributed by atoms with van der Waals surface area (Å²) in [4.78, 5) is 15.4. The zero-order valence-electron chi connectivity index (χ0n) is 10.8. The predicted molar refractivity (Wildman–Crippen MR) is 74.4 cm³/mol. The Balaban J connectivity index is 1.98. The van der Waals surface area contributed by atoms with Crippen LogP contribution < -0.4 is 5.32 Å². The van der Waals surface area contributed by atoms with Crippen LogP contribution >= 0.6 is 0 Å². The molecule has 4 heteroatoms. The number of aromatic nitrogens is 1. The number of furan rings is 1. The van der Waals surface area contributed by atoms with Crippen LogP contribution in [0.3, 0.4) is 0 Å². The van der Waals surface area contributed by atoms with Crippen LogP contribution in [0.25, 0.3) is 10.9 Å². The van der Waals surface area contributed by atoms with Gasteiger partial charge in [0.25, 0.3) is 5.91 Å². The summed E-state index contributed by atoms with van der Waals surface area (Å²) in [6.07, 6.45) is 3.45. The van der Waals surface area contributed by atoms with Gasteiger partial charge in [0.15, 0.2) is 0 Å². The van der Waals surface area contributed by atoms with Crippen molar-refractivity contribution in [3.05, 3.63) is 53.6 Å². The first-order valence-corrected chi connectivity index (χ1v) is 6.09. The van der Waals surface area contributed by atoms with Gasteiger partial charge in [-0.3, -0.25) is 4.79 Å². The van der Waals surface area contributed by atoms with Crippen LogP contribution in [-0.2, 0) is 0 Å². The quantitative estimate of drug-likeness (QED) is 0.733. The number of hydrogen-bond acceptors (Lipinski definition) is 2. The monoisotopic (exact) mass is 254 g/mol. The van der Waals surface area contributed by atoms with E-state index >= 15 is 0 Å². The summed E-state index contributed by atoms with van der Waals surface area (Å²) < 4.78 is 5.26. The number of aromatic amines is 1. The molecule has 0 atom stereocenters. The second kappa shape index (κ2) is 4.31. The number of H-pyrrole nitrogens is 1. The number of carbonyl (C=O) groups excluding carboxylic acids is 1. The Morgan fingerprint density at radius 2 is 2.11 bits per heavy atom. The molecule has 19 heavy (non-hydrogen) atoms. The van der Waals surface area contributed by atoms with E-state index in [2.05, 4.69) is 10.3 Å². The van der Waals surface area contributed by atoms with Crippen molar-refractivity contribution in [2.24, 2.45) is 0 Å². The number of benzene rings is 1. The molecule has 0 saturated carbocycles. The molecule has 1 aromatic carbocycles. The maximum absolute atomic E-state index is 12.3. The molecular formula is C15H14N2O2. The van der Waals surface area contributed by atoms with Gasteiger partial charge in [-0.15, -0.1) is 0 Å². The van der Waals surface area contributed by atoms with Crippen molar-refractivity contribution in [1.82, 2.24) is 4.98 Å². The molecule has 0 aliphatic heterocycles. The molecule has 0 bridgehead atoms. The Hall–Kier alpha value is -2.49. The molecule has 0 unspecified atom stereocenters. The van der Waals surface area contributed by atoms with Crippen LogP contribution in [0.5, 0.6) is 0 Å². The number of nitrogens with one attached hydrogen (secondary N) is 2. The van der Waals surface area contributed by atoms with Crippen molar-refractivity contribution < 1.29 is 9.21 Å². The number of carbonyl (C=O) groups is 1. The maximum Gasteiger partial charge on any atom is 0.259 e. The largest absolute Gasteiger partial charge is 0.469 e. The standard InChI is InChI=1S/C15H14N2O2/c1-9-8-19-10(2)13(9)15(18)17-12-5-3-4-11-6-7-16-14(11)12/h3-8,16H,1-2H3,(H,17,18). The van der Waals surface area contributed by atoms with E-state index in [0.29, 0.717) is 11.3 Å². The molecule has 0 aliphatic rings. The smallest absolute Gasteiger partial charge is 0.259 e. The molecule has 4 nitrogen and oxygen atoms in total. The summed E-state index contributed by atoms with van der Waals surface area (Å²) >= 11 is 0. The average Bonchev–Trinajstić information content (AvgIpc) is 2.97. The van der Waals surface area contributed by atoms with E-state index in [0.717, 1.165) is 22.2 Å². The zero-order chi connectivity index (χ0) is 13.4. The third kappa shape index (κ3) is 1.91. The third-order valence-corrected chi connectivity index (χ3v) is 3.22. The van der Waals surface area contributed by atoms with Gasteiger partial charge in [-0.1, -0.05) is 12.1 Å². The molecule has 3 aromatic rings. The lowest BCUT2D eigenvalue weighted by Crippen LogP contribution is -2.13. The number of aryl methyl sites for hydroxylation is 2. The van der Waals surface area contributed by atoms with Crippen molar-refractivity contribution in [3.8, 4) is 0 Å². The fourth-order valence-electron chi connectivity index (χ4n) is 2.29. The third-order valence-electron chi connectivity index (χ3n) is 3.22. The average molecular weight is 254 g/mol. The highest BCUT2D eigenvalue weighted by atomic mass is 16.3. The van der Waals surface area contributed by atoms with Crippen molar-refractivity contribution >= 4 is 22.5 Å². The first-order valence-electron chi connectivity index (χ1n) is 6.09. The number of fused-ring (bicyclic) bond motifs is 1. The van der Waals surface area contributed by atoms with E-state index in [-0.39, 0.29) is 5.91 Å². The summed E-state index contributed by atoms with van der Waals surface area (Å²) in [6, 6.07) is 7.76. The summed E-state index contributed by atoms with van der Waals surface area (Å²) in [5.74, 6) is 0.486. The summed E-state index contributed by atoms with van der Waals surface area (Å²) in [7, 11) is 0. The second-order valence-electron chi connectivity index (χ2n) is 4.55. The van der Waals surface area contributed by atoms with Gasteiger partial charge in [-0.25, -0.2) is 0 Å². The van der Waals surface area contributed by atoms with Crippen LogP contribution in [0.2, 0.25) is 0 Å². The Labute approximate surface area is 110 Å². The fourth-order valence-corrected chi connectivity index (χ4v) is 2.29. The zero-order valence-corrected chi connectivity index (χ0v) is 10.8. The first-order chi connectivity index (χ1) is 9.16. The van der Waals surface area contributed by atoms with Gasteiger partial charge in [0.2, 0.25) is 0 Å². The van der Waals surface area contributed by atoms with E-state index in [4.69, 9.17) is 4.42 Å². The SMILES string of the molecule is Cc1coc(C)c1C(=O)Nc1cccc2cc[nH]c12. The molecule has 0 radical (unpaired) electrons. The van der Waals surface area contributed by atoms with E-state index < -0.39 is 0 Å². The van der Waals surface area contributed by atoms with Crippen LogP contribution in [0.15, 0.2) is 41.1 Å². The minimum Gasteiger partial charge on any atom is -0.469 e. The van der Waals surface area contributed by atoms with E-state index in [1.54, 1.807) is 13.2 Å². The Morgan fingerprint density at radius 1 is 1.26 bits per heavy atom. The van der Waals surface area contributed by atoms with Crippen LogP contribution in [0, 0.1) is 13.8 Å². The van der Waals surface area contributed by atoms with E-state index in [9.17, 15) is 4.79 Å². The Kier molecular flexibility index (Phi) is 2.63. The number of amides is 1. The van der Waals surface area contributed by atoms with Crippen LogP contribution in [0.4, 0.5) is 5.69 Å². The lowest BCUT2D eigenvalue weighted by Gasteiger charge is -2.06. The highest BCUT2D eigenvalue weighted by molar-refractivity contribution is 6.09. The molecule has 3 rings (SSSR count). The summed E-state index contributed by atoms with van der Waals surface area (Å²) in [6.45, 7) is 3.65. The van der Waals surface area contributed by atoms with E-state index in [1.165, 1.54) is 0 Å². The lowest BCUT2D eigenvalue weighted by molar-refractivity contribution is 0.102. The summed E-state index contributed by atoms with van der Waals surface area (Å²) in [5, 5.41) is 3.99. The van der Waals surface area contributed by atoms with Gasteiger partial charge in [0.05, 0.1) is 23.0 Å². The van der Waals surface area contributed by atoms with Gasteiger partial charge < -0.3 is 14.7 Å². The lowest BCUT2D eigenvalue weighted by atomic mass is 10.1. The second-order valence-corrected chi connectivity index (χ2v) is 4.55. The minimum atomic E-state index is -0.147. The van der Waals surface area contributed by atoms with Crippen molar-refractivity contribution in [2.45, 2.75) is 13.8 Å². The van der Waals surface area contributed by atoms with Gasteiger partial charge in [0.1, 0.15) is 5.76 Å². The molecule has 96 valence electrons. The molecule has 2 N–H and O–H groups in total. The van der Waals surface area contributed by atoms with Crippen LogP contribution in [-0.4, -0.2) is 10.9 Å². The predicted octanol–water partition coefficient (Wildman–Crippen LogP) is 3.63. The molecule has 0 spiro atoms. The van der Waals surface area contributed by atoms with Crippen molar-refractivity contribution in [1.29, 1.82) is 0 Å². The number of rotatable bonds is 2. The summed E-state index contributed by atoms with van der Waals surface area (Å²) in [5.41, 5.74) is 3.14. The highest BCUT2D eigenvalue weighted by Crippen LogP contribution is 2.23. The molecule has 2 heterocycles. The number of anilines is 1. The highest BCUT2D eigenvalue weighted by Gasteiger charge is 2.16. The Bertz CT molecular complexity index is 733. The fraction of sp³-hybridized carbons (Fsp3) is 0.133. The van der Waals surface area contributed by atoms with Crippen molar-refractivity contribution in [2.75, 3.05) is 5.32 Å². The Morgan fingerprint density at radius 3 is 2.84 bits per heavy atom. The van der Waals surface area contributed by atoms with Gasteiger partial charge in [-0.05, 0) is 26.0 Å². The number of hydrogen-bond donors (Lipinski definition) is 2. The first kappa shape index (κ1) is 11.6. The van der Waals surface area contributed by atoms with Gasteiger partial charge >= 0.3 is 0 Å². The van der Waals surface area contributed by atoms with Gasteiger partial charge in [0, 0.05) is 17.1 Å². The minimum absolute atomic E-state index is 0.147. The molecular weight excluding hydrogens is 240 g/mol.